The van der Waals surface area contributed by atoms with E-state index in [2.05, 4.69) is 12.1 Å². The van der Waals surface area contributed by atoms with Crippen LogP contribution in [-0.4, -0.2) is 0 Å². The van der Waals surface area contributed by atoms with Gasteiger partial charge < -0.3 is 5.73 Å². The van der Waals surface area contributed by atoms with Gasteiger partial charge in [-0.1, -0.05) is 13.3 Å². The standard InChI is InChI=1S/C10H14N2O/c1-2-3-4-8-7-9(12-13)5-6-10(8)11/h5-7H,2-4,11H2,1H3. The lowest BCUT2D eigenvalue weighted by Gasteiger charge is -2.04. The Labute approximate surface area is 77.9 Å². The van der Waals surface area contributed by atoms with E-state index in [0.717, 1.165) is 30.5 Å². The average Bonchev–Trinajstić information content (AvgIpc) is 2.17. The first kappa shape index (κ1) is 9.71. The highest BCUT2D eigenvalue weighted by atomic mass is 16.3. The van der Waals surface area contributed by atoms with Crippen LogP contribution in [0.25, 0.3) is 0 Å². The van der Waals surface area contributed by atoms with Crippen LogP contribution in [-0.2, 0) is 6.42 Å². The molecule has 0 spiro atoms. The van der Waals surface area contributed by atoms with Crippen LogP contribution >= 0.6 is 0 Å². The molecule has 3 heteroatoms. The lowest BCUT2D eigenvalue weighted by molar-refractivity contribution is 0.796. The number of aryl methyl sites for hydroxylation is 1. The molecule has 0 fully saturated rings. The normalized spacial score (nSPS) is 9.92. The van der Waals surface area contributed by atoms with E-state index in [1.807, 2.05) is 0 Å². The molecule has 0 saturated heterocycles. The molecular weight excluding hydrogens is 164 g/mol. The number of anilines is 1. The summed E-state index contributed by atoms with van der Waals surface area (Å²) >= 11 is 0. The molecule has 0 atom stereocenters. The fourth-order valence-corrected chi connectivity index (χ4v) is 1.23. The van der Waals surface area contributed by atoms with Crippen molar-refractivity contribution in [2.24, 2.45) is 5.18 Å². The molecule has 0 radical (unpaired) electrons. The van der Waals surface area contributed by atoms with Gasteiger partial charge in [-0.25, -0.2) is 0 Å². The number of hydrogen-bond acceptors (Lipinski definition) is 3. The zero-order valence-corrected chi connectivity index (χ0v) is 7.79. The Kier molecular flexibility index (Phi) is 3.43. The van der Waals surface area contributed by atoms with Gasteiger partial charge in [0.15, 0.2) is 0 Å². The van der Waals surface area contributed by atoms with Gasteiger partial charge in [0, 0.05) is 5.69 Å². The summed E-state index contributed by atoms with van der Waals surface area (Å²) in [6.45, 7) is 2.12. The van der Waals surface area contributed by atoms with E-state index >= 15 is 0 Å². The van der Waals surface area contributed by atoms with Gasteiger partial charge in [0.2, 0.25) is 0 Å². The monoisotopic (exact) mass is 178 g/mol. The summed E-state index contributed by atoms with van der Waals surface area (Å²) in [5.41, 5.74) is 7.98. The maximum absolute atomic E-state index is 10.3. The smallest absolute Gasteiger partial charge is 0.108 e. The minimum absolute atomic E-state index is 0.459. The number of unbranched alkanes of at least 4 members (excludes halogenated alkanes) is 1. The van der Waals surface area contributed by atoms with Gasteiger partial charge in [-0.05, 0) is 41.8 Å². The van der Waals surface area contributed by atoms with Crippen molar-refractivity contribution in [3.05, 3.63) is 28.7 Å². The van der Waals surface area contributed by atoms with Crippen LogP contribution in [0.1, 0.15) is 25.3 Å². The van der Waals surface area contributed by atoms with Crippen LogP contribution in [0.5, 0.6) is 0 Å². The summed E-state index contributed by atoms with van der Waals surface area (Å²) in [6.07, 6.45) is 3.14. The van der Waals surface area contributed by atoms with Crippen LogP contribution in [0.2, 0.25) is 0 Å². The van der Waals surface area contributed by atoms with E-state index in [1.165, 1.54) is 0 Å². The van der Waals surface area contributed by atoms with Crippen molar-refractivity contribution in [2.45, 2.75) is 26.2 Å². The maximum atomic E-state index is 10.3. The summed E-state index contributed by atoms with van der Waals surface area (Å²) in [6, 6.07) is 5.14. The average molecular weight is 178 g/mol. The lowest BCUT2D eigenvalue weighted by Crippen LogP contribution is -1.93. The van der Waals surface area contributed by atoms with Crippen molar-refractivity contribution in [3.8, 4) is 0 Å². The molecule has 0 aliphatic heterocycles. The number of nitrogen functional groups attached to an aromatic ring is 1. The number of nitrogens with two attached hydrogens (primary N) is 1. The Bertz CT molecular complexity index is 297. The second-order valence-electron chi connectivity index (χ2n) is 3.08. The fraction of sp³-hybridized carbons (Fsp3) is 0.400. The number of hydrogen-bond donors (Lipinski definition) is 1. The largest absolute Gasteiger partial charge is 0.399 e. The third kappa shape index (κ3) is 2.54. The van der Waals surface area contributed by atoms with E-state index in [4.69, 9.17) is 5.73 Å². The quantitative estimate of drug-likeness (QED) is 0.569. The summed E-state index contributed by atoms with van der Waals surface area (Å²) < 4.78 is 0. The van der Waals surface area contributed by atoms with Crippen LogP contribution in [0.15, 0.2) is 23.4 Å². The highest BCUT2D eigenvalue weighted by molar-refractivity contribution is 5.54. The number of benzene rings is 1. The predicted octanol–water partition coefficient (Wildman–Crippen LogP) is 3.01. The zero-order valence-electron chi connectivity index (χ0n) is 7.79. The molecule has 1 aromatic rings. The van der Waals surface area contributed by atoms with Gasteiger partial charge in [0.1, 0.15) is 5.69 Å². The number of nitroso groups, excluding NO2 is 1. The lowest BCUT2D eigenvalue weighted by atomic mass is 10.1. The Morgan fingerprint density at radius 3 is 2.85 bits per heavy atom. The van der Waals surface area contributed by atoms with Crippen LogP contribution in [0.3, 0.4) is 0 Å². The molecule has 2 N–H and O–H groups in total. The minimum atomic E-state index is 0.459. The fourth-order valence-electron chi connectivity index (χ4n) is 1.23. The van der Waals surface area contributed by atoms with Gasteiger partial charge in [0.25, 0.3) is 0 Å². The highest BCUT2D eigenvalue weighted by Crippen LogP contribution is 2.21. The van der Waals surface area contributed by atoms with Gasteiger partial charge in [-0.3, -0.25) is 0 Å². The topological polar surface area (TPSA) is 55.5 Å². The molecule has 0 bridgehead atoms. The second-order valence-corrected chi connectivity index (χ2v) is 3.08. The van der Waals surface area contributed by atoms with E-state index in [1.54, 1.807) is 18.2 Å². The van der Waals surface area contributed by atoms with E-state index in [9.17, 15) is 4.91 Å². The molecule has 70 valence electrons. The first-order valence-corrected chi connectivity index (χ1v) is 4.49. The Hall–Kier alpha value is -1.38. The molecule has 0 saturated carbocycles. The van der Waals surface area contributed by atoms with Crippen molar-refractivity contribution < 1.29 is 0 Å². The molecular formula is C10H14N2O. The van der Waals surface area contributed by atoms with Crippen molar-refractivity contribution >= 4 is 11.4 Å². The second kappa shape index (κ2) is 4.60. The van der Waals surface area contributed by atoms with Crippen molar-refractivity contribution in [3.63, 3.8) is 0 Å². The number of nitrogens with zero attached hydrogens (tertiary/aromatic N) is 1. The first-order chi connectivity index (χ1) is 6.27. The number of rotatable bonds is 4. The first-order valence-electron chi connectivity index (χ1n) is 4.49. The maximum Gasteiger partial charge on any atom is 0.108 e. The Morgan fingerprint density at radius 1 is 1.46 bits per heavy atom. The molecule has 0 heterocycles. The van der Waals surface area contributed by atoms with Crippen molar-refractivity contribution in [1.29, 1.82) is 0 Å². The molecule has 0 amide bonds. The summed E-state index contributed by atoms with van der Waals surface area (Å²) in [5, 5.41) is 2.87. The third-order valence-electron chi connectivity index (χ3n) is 2.03. The van der Waals surface area contributed by atoms with Crippen molar-refractivity contribution in [2.75, 3.05) is 5.73 Å². The van der Waals surface area contributed by atoms with Gasteiger partial charge >= 0.3 is 0 Å². The molecule has 1 rings (SSSR count). The Balaban J connectivity index is 2.83. The molecule has 0 aliphatic carbocycles. The van der Waals surface area contributed by atoms with Crippen LogP contribution in [0, 0.1) is 4.91 Å². The van der Waals surface area contributed by atoms with Gasteiger partial charge in [-0.2, -0.15) is 0 Å². The molecule has 3 nitrogen and oxygen atoms in total. The molecule has 13 heavy (non-hydrogen) atoms. The molecule has 0 unspecified atom stereocenters. The SMILES string of the molecule is CCCCc1cc(N=O)ccc1N. The Morgan fingerprint density at radius 2 is 2.23 bits per heavy atom. The van der Waals surface area contributed by atoms with Crippen LogP contribution < -0.4 is 5.73 Å². The van der Waals surface area contributed by atoms with Crippen LogP contribution in [0.4, 0.5) is 11.4 Å². The third-order valence-corrected chi connectivity index (χ3v) is 2.03. The predicted molar refractivity (Wildman–Crippen MR) is 54.9 cm³/mol. The van der Waals surface area contributed by atoms with Crippen molar-refractivity contribution in [1.82, 2.24) is 0 Å². The van der Waals surface area contributed by atoms with E-state index in [0.29, 0.717) is 5.69 Å². The van der Waals surface area contributed by atoms with E-state index < -0.39 is 0 Å². The molecule has 1 aromatic carbocycles. The summed E-state index contributed by atoms with van der Waals surface area (Å²) in [4.78, 5) is 10.3. The van der Waals surface area contributed by atoms with Gasteiger partial charge in [-0.15, -0.1) is 4.91 Å². The zero-order chi connectivity index (χ0) is 9.68. The summed E-state index contributed by atoms with van der Waals surface area (Å²) in [5.74, 6) is 0. The highest BCUT2D eigenvalue weighted by Gasteiger charge is 2.00. The molecule has 0 aromatic heterocycles. The molecule has 0 aliphatic rings. The summed E-state index contributed by atoms with van der Waals surface area (Å²) in [7, 11) is 0. The van der Waals surface area contributed by atoms with E-state index in [-0.39, 0.29) is 0 Å². The van der Waals surface area contributed by atoms with Gasteiger partial charge in [0.05, 0.1) is 0 Å². The minimum Gasteiger partial charge on any atom is -0.399 e.